The summed E-state index contributed by atoms with van der Waals surface area (Å²) in [5, 5.41) is 2.93. The van der Waals surface area contributed by atoms with Gasteiger partial charge in [-0.1, -0.05) is 19.1 Å². The lowest BCUT2D eigenvalue weighted by atomic mass is 9.97. The molecule has 0 heterocycles. The van der Waals surface area contributed by atoms with Gasteiger partial charge < -0.3 is 5.32 Å². The van der Waals surface area contributed by atoms with E-state index in [1.165, 1.54) is 12.1 Å². The molecule has 0 spiro atoms. The van der Waals surface area contributed by atoms with E-state index in [9.17, 15) is 17.6 Å². The maximum absolute atomic E-state index is 13.9. The third kappa shape index (κ3) is 3.61. The summed E-state index contributed by atoms with van der Waals surface area (Å²) < 4.78 is 54.3. The summed E-state index contributed by atoms with van der Waals surface area (Å²) in [5.41, 5.74) is 0.0630. The van der Waals surface area contributed by atoms with E-state index in [-0.39, 0.29) is 17.5 Å². The highest BCUT2D eigenvalue weighted by molar-refractivity contribution is 5.27. The largest absolute Gasteiger partial charge is 0.310 e. The van der Waals surface area contributed by atoms with Crippen LogP contribution in [0, 0.1) is 23.3 Å². The van der Waals surface area contributed by atoms with Gasteiger partial charge in [0.05, 0.1) is 0 Å². The Morgan fingerprint density at radius 2 is 1.62 bits per heavy atom. The molecular weight excluding hydrogens is 282 g/mol. The molecule has 0 aliphatic carbocycles. The highest BCUT2D eigenvalue weighted by atomic mass is 19.1. The Morgan fingerprint density at radius 1 is 0.952 bits per heavy atom. The topological polar surface area (TPSA) is 12.0 Å². The molecular formula is C16H15F4N. The fourth-order valence-electron chi connectivity index (χ4n) is 2.27. The molecule has 0 aromatic heterocycles. The van der Waals surface area contributed by atoms with Crippen molar-refractivity contribution in [3.63, 3.8) is 0 Å². The molecule has 1 N–H and O–H groups in total. The predicted octanol–water partition coefficient (Wildman–Crippen LogP) is 4.14. The van der Waals surface area contributed by atoms with E-state index >= 15 is 0 Å². The number of hydrogen-bond donors (Lipinski definition) is 1. The van der Waals surface area contributed by atoms with Crippen LogP contribution in [0.2, 0.25) is 0 Å². The zero-order valence-corrected chi connectivity index (χ0v) is 11.5. The van der Waals surface area contributed by atoms with Crippen molar-refractivity contribution in [2.75, 3.05) is 6.54 Å². The van der Waals surface area contributed by atoms with E-state index in [0.29, 0.717) is 6.54 Å². The van der Waals surface area contributed by atoms with Crippen molar-refractivity contribution in [1.82, 2.24) is 5.32 Å². The molecule has 1 nitrogen and oxygen atoms in total. The van der Waals surface area contributed by atoms with Crippen LogP contribution in [-0.4, -0.2) is 6.54 Å². The Bertz CT molecular complexity index is 607. The smallest absolute Gasteiger partial charge is 0.130 e. The van der Waals surface area contributed by atoms with Gasteiger partial charge in [-0.15, -0.1) is 0 Å². The van der Waals surface area contributed by atoms with Crippen LogP contribution in [0.3, 0.4) is 0 Å². The molecule has 1 atom stereocenters. The number of halogens is 4. The summed E-state index contributed by atoms with van der Waals surface area (Å²) in [4.78, 5) is 0. The van der Waals surface area contributed by atoms with Gasteiger partial charge in [0.25, 0.3) is 0 Å². The van der Waals surface area contributed by atoms with Crippen LogP contribution in [0.25, 0.3) is 0 Å². The third-order valence-electron chi connectivity index (χ3n) is 3.24. The quantitative estimate of drug-likeness (QED) is 0.818. The zero-order valence-electron chi connectivity index (χ0n) is 11.5. The lowest BCUT2D eigenvalue weighted by molar-refractivity contribution is 0.465. The fraction of sp³-hybridized carbons (Fsp3) is 0.250. The first-order valence-electron chi connectivity index (χ1n) is 6.64. The van der Waals surface area contributed by atoms with Gasteiger partial charge in [0, 0.05) is 17.7 Å². The second-order valence-corrected chi connectivity index (χ2v) is 4.69. The standard InChI is InChI=1S/C16H15F4N/c1-2-21-15(16-12(18)4-3-5-13(16)19)8-10-6-7-11(17)9-14(10)20/h3-7,9,15,21H,2,8H2,1H3. The number of hydrogen-bond acceptors (Lipinski definition) is 1. The van der Waals surface area contributed by atoms with Crippen LogP contribution in [0.5, 0.6) is 0 Å². The molecule has 2 rings (SSSR count). The average molecular weight is 297 g/mol. The Balaban J connectivity index is 2.35. The number of rotatable bonds is 5. The molecule has 2 aromatic carbocycles. The molecule has 1 unspecified atom stereocenters. The molecule has 0 amide bonds. The molecule has 0 bridgehead atoms. The summed E-state index contributed by atoms with van der Waals surface area (Å²) in [5.74, 6) is -2.80. The Kier molecular flexibility index (Phi) is 4.96. The summed E-state index contributed by atoms with van der Waals surface area (Å²) in [6.45, 7) is 2.24. The second-order valence-electron chi connectivity index (χ2n) is 4.69. The van der Waals surface area contributed by atoms with Crippen LogP contribution in [0.4, 0.5) is 17.6 Å². The molecule has 0 aliphatic rings. The van der Waals surface area contributed by atoms with E-state index < -0.39 is 29.3 Å². The average Bonchev–Trinajstić information content (AvgIpc) is 2.41. The monoisotopic (exact) mass is 297 g/mol. The maximum Gasteiger partial charge on any atom is 0.130 e. The van der Waals surface area contributed by atoms with Crippen LogP contribution in [0.1, 0.15) is 24.1 Å². The van der Waals surface area contributed by atoms with Gasteiger partial charge >= 0.3 is 0 Å². The van der Waals surface area contributed by atoms with Crippen LogP contribution < -0.4 is 5.32 Å². The lowest BCUT2D eigenvalue weighted by Crippen LogP contribution is -2.25. The van der Waals surface area contributed by atoms with Crippen molar-refractivity contribution < 1.29 is 17.6 Å². The van der Waals surface area contributed by atoms with Crippen molar-refractivity contribution in [3.05, 3.63) is 70.8 Å². The van der Waals surface area contributed by atoms with E-state index in [1.807, 2.05) is 0 Å². The highest BCUT2D eigenvalue weighted by Crippen LogP contribution is 2.25. The van der Waals surface area contributed by atoms with Gasteiger partial charge in [-0.05, 0) is 36.7 Å². The first kappa shape index (κ1) is 15.5. The van der Waals surface area contributed by atoms with Crippen molar-refractivity contribution in [2.24, 2.45) is 0 Å². The summed E-state index contributed by atoms with van der Waals surface area (Å²) in [7, 11) is 0. The van der Waals surface area contributed by atoms with E-state index in [2.05, 4.69) is 5.32 Å². The van der Waals surface area contributed by atoms with E-state index in [4.69, 9.17) is 0 Å². The van der Waals surface area contributed by atoms with Gasteiger partial charge in [-0.2, -0.15) is 0 Å². The summed E-state index contributed by atoms with van der Waals surface area (Å²) in [6.07, 6.45) is 0.0256. The number of likely N-dealkylation sites (N-methyl/N-ethyl adjacent to an activating group) is 1. The minimum Gasteiger partial charge on any atom is -0.310 e. The number of benzene rings is 2. The van der Waals surface area contributed by atoms with Crippen molar-refractivity contribution in [3.8, 4) is 0 Å². The van der Waals surface area contributed by atoms with Crippen molar-refractivity contribution in [1.29, 1.82) is 0 Å². The minimum absolute atomic E-state index is 0.0256. The van der Waals surface area contributed by atoms with Gasteiger partial charge in [0.1, 0.15) is 23.3 Å². The van der Waals surface area contributed by atoms with Crippen LogP contribution in [-0.2, 0) is 6.42 Å². The third-order valence-corrected chi connectivity index (χ3v) is 3.24. The first-order valence-corrected chi connectivity index (χ1v) is 6.64. The van der Waals surface area contributed by atoms with Gasteiger partial charge in [-0.3, -0.25) is 0 Å². The summed E-state index contributed by atoms with van der Waals surface area (Å²) in [6, 6.07) is 6.03. The van der Waals surface area contributed by atoms with Gasteiger partial charge in [0.2, 0.25) is 0 Å². The van der Waals surface area contributed by atoms with Crippen molar-refractivity contribution >= 4 is 0 Å². The first-order chi connectivity index (χ1) is 10.0. The highest BCUT2D eigenvalue weighted by Gasteiger charge is 2.21. The molecule has 0 saturated heterocycles. The number of nitrogens with one attached hydrogen (secondary N) is 1. The molecule has 0 saturated carbocycles. The van der Waals surface area contributed by atoms with Crippen molar-refractivity contribution in [2.45, 2.75) is 19.4 Å². The zero-order chi connectivity index (χ0) is 15.4. The molecule has 0 radical (unpaired) electrons. The molecule has 5 heteroatoms. The second kappa shape index (κ2) is 6.72. The Labute approximate surface area is 120 Å². The summed E-state index contributed by atoms with van der Waals surface area (Å²) >= 11 is 0. The fourth-order valence-corrected chi connectivity index (χ4v) is 2.27. The van der Waals surface area contributed by atoms with Crippen LogP contribution >= 0.6 is 0 Å². The van der Waals surface area contributed by atoms with E-state index in [0.717, 1.165) is 24.3 Å². The van der Waals surface area contributed by atoms with Gasteiger partial charge in [0.15, 0.2) is 0 Å². The van der Waals surface area contributed by atoms with Crippen LogP contribution in [0.15, 0.2) is 36.4 Å². The van der Waals surface area contributed by atoms with E-state index in [1.54, 1.807) is 6.92 Å². The predicted molar refractivity (Wildman–Crippen MR) is 72.8 cm³/mol. The maximum atomic E-state index is 13.9. The normalized spacial score (nSPS) is 12.4. The molecule has 2 aromatic rings. The molecule has 21 heavy (non-hydrogen) atoms. The minimum atomic E-state index is -0.727. The Morgan fingerprint density at radius 3 is 2.19 bits per heavy atom. The lowest BCUT2D eigenvalue weighted by Gasteiger charge is -2.20. The Hall–Kier alpha value is -1.88. The van der Waals surface area contributed by atoms with Gasteiger partial charge in [-0.25, -0.2) is 17.6 Å². The SMILES string of the molecule is CCNC(Cc1ccc(F)cc1F)c1c(F)cccc1F. The molecule has 112 valence electrons. The molecule has 0 fully saturated rings. The molecule has 0 aliphatic heterocycles.